The van der Waals surface area contributed by atoms with Crippen molar-refractivity contribution in [3.8, 4) is 16.9 Å². The molecule has 8 nitrogen and oxygen atoms in total. The number of nitrogens with zero attached hydrogens (tertiary/aromatic N) is 4. The molecule has 0 bridgehead atoms. The lowest BCUT2D eigenvalue weighted by atomic mass is 10.1. The third-order valence-electron chi connectivity index (χ3n) is 4.61. The number of methoxy groups -OCH3 is 2. The van der Waals surface area contributed by atoms with E-state index in [4.69, 9.17) is 25.6 Å². The zero-order valence-electron chi connectivity index (χ0n) is 16.0. The summed E-state index contributed by atoms with van der Waals surface area (Å²) in [6.45, 7) is 2.02. The summed E-state index contributed by atoms with van der Waals surface area (Å²) in [7, 11) is 2.89. The minimum Gasteiger partial charge on any atom is -0.463 e. The van der Waals surface area contributed by atoms with Gasteiger partial charge < -0.3 is 14.0 Å². The van der Waals surface area contributed by atoms with Crippen LogP contribution in [0.15, 0.2) is 41.2 Å². The van der Waals surface area contributed by atoms with E-state index in [1.165, 1.54) is 7.11 Å². The lowest BCUT2D eigenvalue weighted by Crippen LogP contribution is -2.05. The molecule has 0 atom stereocenters. The monoisotopic (exact) mass is 412 g/mol. The van der Waals surface area contributed by atoms with Gasteiger partial charge in [-0.25, -0.2) is 9.48 Å². The Balaban J connectivity index is 1.90. The predicted octanol–water partition coefficient (Wildman–Crippen LogP) is 3.97. The van der Waals surface area contributed by atoms with Gasteiger partial charge in [-0.05, 0) is 31.2 Å². The van der Waals surface area contributed by atoms with Gasteiger partial charge in [0.1, 0.15) is 5.69 Å². The Hall–Kier alpha value is -3.23. The van der Waals surface area contributed by atoms with Crippen LogP contribution in [0.1, 0.15) is 21.8 Å². The maximum Gasteiger partial charge on any atom is 0.377 e. The van der Waals surface area contributed by atoms with Crippen molar-refractivity contribution >= 4 is 28.5 Å². The smallest absolute Gasteiger partial charge is 0.377 e. The van der Waals surface area contributed by atoms with Gasteiger partial charge in [-0.2, -0.15) is 5.10 Å². The van der Waals surface area contributed by atoms with Gasteiger partial charge >= 0.3 is 5.97 Å². The molecular formula is C20H17ClN4O4. The van der Waals surface area contributed by atoms with Gasteiger partial charge in [-0.1, -0.05) is 16.8 Å². The second kappa shape index (κ2) is 7.65. The summed E-state index contributed by atoms with van der Waals surface area (Å²) < 4.78 is 17.1. The van der Waals surface area contributed by atoms with Crippen LogP contribution in [0.4, 0.5) is 0 Å². The molecule has 1 aromatic carbocycles. The van der Waals surface area contributed by atoms with Gasteiger partial charge in [0.05, 0.1) is 36.8 Å². The maximum absolute atomic E-state index is 11.9. The van der Waals surface area contributed by atoms with Gasteiger partial charge in [0, 0.05) is 34.8 Å². The van der Waals surface area contributed by atoms with Gasteiger partial charge in [0.25, 0.3) is 0 Å². The third-order valence-corrected chi connectivity index (χ3v) is 4.84. The summed E-state index contributed by atoms with van der Waals surface area (Å²) in [4.78, 5) is 16.3. The molecule has 4 rings (SSSR count). The van der Waals surface area contributed by atoms with Crippen molar-refractivity contribution in [2.45, 2.75) is 13.5 Å². The SMILES string of the molecule is COCc1c(-c2noc(C(=O)OC)c2C)cnn1-c1ccnc2cc(Cl)ccc12. The highest BCUT2D eigenvalue weighted by molar-refractivity contribution is 6.31. The van der Waals surface area contributed by atoms with Crippen LogP contribution in [0.3, 0.4) is 0 Å². The van der Waals surface area contributed by atoms with Crippen LogP contribution in [-0.4, -0.2) is 40.1 Å². The summed E-state index contributed by atoms with van der Waals surface area (Å²) in [5.41, 5.74) is 4.09. The van der Waals surface area contributed by atoms with E-state index in [0.29, 0.717) is 21.8 Å². The van der Waals surface area contributed by atoms with Crippen LogP contribution in [0.25, 0.3) is 27.8 Å². The van der Waals surface area contributed by atoms with Crippen LogP contribution in [0.2, 0.25) is 5.02 Å². The fourth-order valence-corrected chi connectivity index (χ4v) is 3.38. The summed E-state index contributed by atoms with van der Waals surface area (Å²) in [5.74, 6) is -0.526. The van der Waals surface area contributed by atoms with Crippen LogP contribution in [0, 0.1) is 6.92 Å². The number of pyridine rings is 1. The topological polar surface area (TPSA) is 92.3 Å². The second-order valence-electron chi connectivity index (χ2n) is 6.32. The standard InChI is InChI=1S/C20H17ClN4O4/c1-11-18(24-29-19(11)20(26)28-3)14-9-23-25(17(14)10-27-2)16-6-7-22-15-8-12(21)4-5-13(15)16/h4-9H,10H2,1-3H3. The molecule has 0 spiro atoms. The van der Waals surface area contributed by atoms with Crippen molar-refractivity contribution in [3.63, 3.8) is 0 Å². The molecule has 9 heteroatoms. The number of fused-ring (bicyclic) bond motifs is 1. The molecule has 4 aromatic rings. The van der Waals surface area contributed by atoms with Crippen molar-refractivity contribution in [2.75, 3.05) is 14.2 Å². The molecule has 0 saturated carbocycles. The lowest BCUT2D eigenvalue weighted by Gasteiger charge is -2.11. The number of hydrogen-bond acceptors (Lipinski definition) is 7. The van der Waals surface area contributed by atoms with E-state index in [-0.39, 0.29) is 12.4 Å². The molecule has 0 fully saturated rings. The first-order chi connectivity index (χ1) is 14.0. The van der Waals surface area contributed by atoms with Crippen LogP contribution in [-0.2, 0) is 16.1 Å². The number of benzene rings is 1. The predicted molar refractivity (Wildman–Crippen MR) is 106 cm³/mol. The first kappa shape index (κ1) is 19.1. The highest BCUT2D eigenvalue weighted by Gasteiger charge is 2.25. The number of halogens is 1. The number of esters is 1. The Morgan fingerprint density at radius 3 is 2.86 bits per heavy atom. The zero-order chi connectivity index (χ0) is 20.5. The van der Waals surface area contributed by atoms with E-state index >= 15 is 0 Å². The number of rotatable bonds is 5. The number of carbonyl (C=O) groups excluding carboxylic acids is 1. The van der Waals surface area contributed by atoms with E-state index in [1.807, 2.05) is 12.1 Å². The van der Waals surface area contributed by atoms with Crippen molar-refractivity contribution in [1.29, 1.82) is 0 Å². The van der Waals surface area contributed by atoms with Gasteiger partial charge in [-0.3, -0.25) is 4.98 Å². The molecular weight excluding hydrogens is 396 g/mol. The van der Waals surface area contributed by atoms with Crippen molar-refractivity contribution in [1.82, 2.24) is 19.9 Å². The highest BCUT2D eigenvalue weighted by atomic mass is 35.5. The Morgan fingerprint density at radius 2 is 2.10 bits per heavy atom. The Morgan fingerprint density at radius 1 is 1.28 bits per heavy atom. The number of hydrogen-bond donors (Lipinski definition) is 0. The van der Waals surface area contributed by atoms with Crippen LogP contribution >= 0.6 is 11.6 Å². The molecule has 0 aliphatic carbocycles. The van der Waals surface area contributed by atoms with Gasteiger partial charge in [0.2, 0.25) is 5.76 Å². The van der Waals surface area contributed by atoms with Gasteiger partial charge in [0.15, 0.2) is 0 Å². The Bertz CT molecular complexity index is 1210. The van der Waals surface area contributed by atoms with Crippen molar-refractivity contribution in [3.05, 3.63) is 58.7 Å². The van der Waals surface area contributed by atoms with Crippen LogP contribution in [0.5, 0.6) is 0 Å². The summed E-state index contributed by atoms with van der Waals surface area (Å²) >= 11 is 6.10. The molecule has 0 N–H and O–H groups in total. The lowest BCUT2D eigenvalue weighted by molar-refractivity contribution is 0.0553. The molecule has 0 aliphatic rings. The molecule has 0 radical (unpaired) electrons. The minimum atomic E-state index is -0.584. The molecule has 0 unspecified atom stereocenters. The number of carbonyl (C=O) groups is 1. The van der Waals surface area contributed by atoms with Crippen molar-refractivity contribution < 1.29 is 18.8 Å². The Kier molecular flexibility index (Phi) is 5.04. The molecule has 29 heavy (non-hydrogen) atoms. The zero-order valence-corrected chi connectivity index (χ0v) is 16.7. The quantitative estimate of drug-likeness (QED) is 0.458. The molecule has 148 valence electrons. The second-order valence-corrected chi connectivity index (χ2v) is 6.75. The molecule has 0 saturated heterocycles. The molecule has 0 aliphatic heterocycles. The minimum absolute atomic E-state index is 0.0580. The maximum atomic E-state index is 11.9. The van der Waals surface area contributed by atoms with Crippen LogP contribution < -0.4 is 0 Å². The Labute approximate surface area is 171 Å². The largest absolute Gasteiger partial charge is 0.463 e. The highest BCUT2D eigenvalue weighted by Crippen LogP contribution is 2.32. The van der Waals surface area contributed by atoms with E-state index < -0.39 is 5.97 Å². The van der Waals surface area contributed by atoms with E-state index in [0.717, 1.165) is 22.3 Å². The first-order valence-electron chi connectivity index (χ1n) is 8.70. The number of aromatic nitrogens is 4. The number of ether oxygens (including phenoxy) is 2. The molecule has 0 amide bonds. The summed E-state index contributed by atoms with van der Waals surface area (Å²) in [6.07, 6.45) is 3.37. The third kappa shape index (κ3) is 3.26. The first-order valence-corrected chi connectivity index (χ1v) is 9.08. The molecule has 3 aromatic heterocycles. The molecule has 3 heterocycles. The van der Waals surface area contributed by atoms with E-state index in [2.05, 4.69) is 15.2 Å². The van der Waals surface area contributed by atoms with Crippen molar-refractivity contribution in [2.24, 2.45) is 0 Å². The van der Waals surface area contributed by atoms with E-state index in [1.54, 1.807) is 43.2 Å². The fourth-order valence-electron chi connectivity index (χ4n) is 3.22. The average molecular weight is 413 g/mol. The summed E-state index contributed by atoms with van der Waals surface area (Å²) in [5, 5.41) is 10.1. The normalized spacial score (nSPS) is 11.2. The summed E-state index contributed by atoms with van der Waals surface area (Å²) in [6, 6.07) is 7.36. The van der Waals surface area contributed by atoms with Gasteiger partial charge in [-0.15, -0.1) is 0 Å². The fraction of sp³-hybridized carbons (Fsp3) is 0.200. The van der Waals surface area contributed by atoms with E-state index in [9.17, 15) is 4.79 Å². The average Bonchev–Trinajstić information content (AvgIpc) is 3.30.